The average molecular weight is 302 g/mol. The molecule has 0 heterocycles. The van der Waals surface area contributed by atoms with E-state index in [9.17, 15) is 15.0 Å². The van der Waals surface area contributed by atoms with Gasteiger partial charge in [0.1, 0.15) is 16.5 Å². The van der Waals surface area contributed by atoms with Crippen LogP contribution in [-0.4, -0.2) is 21.1 Å². The van der Waals surface area contributed by atoms with Crippen molar-refractivity contribution in [1.29, 1.82) is 0 Å². The third-order valence-electron chi connectivity index (χ3n) is 2.99. The monoisotopic (exact) mass is 302 g/mol. The van der Waals surface area contributed by atoms with Crippen molar-refractivity contribution < 1.29 is 15.0 Å². The van der Waals surface area contributed by atoms with Crippen molar-refractivity contribution in [2.24, 2.45) is 5.73 Å². The highest BCUT2D eigenvalue weighted by Crippen LogP contribution is 2.25. The second kappa shape index (κ2) is 5.80. The molecule has 0 aliphatic carbocycles. The summed E-state index contributed by atoms with van der Waals surface area (Å²) in [6.07, 6.45) is 0. The standard InChI is InChI=1S/C15H14N2O3S/c1-8-3-2-4-11(13(8)14(16)21)17-15(20)10-7-9(18)5-6-12(10)19/h2-7,18-19H,1H3,(H2,16,21)(H,17,20). The first-order valence-corrected chi connectivity index (χ1v) is 6.53. The Balaban J connectivity index is 2.39. The minimum absolute atomic E-state index is 0.0367. The number of nitrogens with two attached hydrogens (primary N) is 1. The number of thiocarbonyl (C=S) groups is 1. The van der Waals surface area contributed by atoms with Crippen LogP contribution in [0, 0.1) is 6.92 Å². The molecule has 0 aliphatic rings. The molecule has 5 nitrogen and oxygen atoms in total. The second-order valence-electron chi connectivity index (χ2n) is 4.52. The first kappa shape index (κ1) is 14.8. The van der Waals surface area contributed by atoms with Crippen LogP contribution in [-0.2, 0) is 0 Å². The molecule has 0 radical (unpaired) electrons. The molecule has 0 atom stereocenters. The number of benzene rings is 2. The molecule has 6 heteroatoms. The summed E-state index contributed by atoms with van der Waals surface area (Å²) < 4.78 is 0. The number of carbonyl (C=O) groups is 1. The summed E-state index contributed by atoms with van der Waals surface area (Å²) in [5.41, 5.74) is 7.50. The number of carbonyl (C=O) groups excluding carboxylic acids is 1. The van der Waals surface area contributed by atoms with Crippen LogP contribution in [0.15, 0.2) is 36.4 Å². The van der Waals surface area contributed by atoms with E-state index < -0.39 is 5.91 Å². The number of anilines is 1. The van der Waals surface area contributed by atoms with Crippen LogP contribution in [0.1, 0.15) is 21.5 Å². The third-order valence-corrected chi connectivity index (χ3v) is 3.20. The van der Waals surface area contributed by atoms with E-state index in [1.54, 1.807) is 12.1 Å². The average Bonchev–Trinajstić information content (AvgIpc) is 2.41. The Hall–Kier alpha value is -2.60. The predicted octanol–water partition coefficient (Wildman–Crippen LogP) is 2.29. The summed E-state index contributed by atoms with van der Waals surface area (Å²) in [6, 6.07) is 8.97. The topological polar surface area (TPSA) is 95.6 Å². The molecule has 2 aromatic rings. The Labute approximate surface area is 127 Å². The van der Waals surface area contributed by atoms with Crippen molar-refractivity contribution in [1.82, 2.24) is 0 Å². The van der Waals surface area contributed by atoms with E-state index in [0.717, 1.165) is 5.56 Å². The van der Waals surface area contributed by atoms with Crippen LogP contribution in [0.4, 0.5) is 5.69 Å². The number of phenols is 2. The Bertz CT molecular complexity index is 729. The van der Waals surface area contributed by atoms with Gasteiger partial charge in [-0.25, -0.2) is 0 Å². The molecule has 0 fully saturated rings. The second-order valence-corrected chi connectivity index (χ2v) is 4.96. The van der Waals surface area contributed by atoms with Gasteiger partial charge >= 0.3 is 0 Å². The Morgan fingerprint density at radius 1 is 1.24 bits per heavy atom. The van der Waals surface area contributed by atoms with E-state index in [2.05, 4.69) is 5.32 Å². The quantitative estimate of drug-likeness (QED) is 0.515. The van der Waals surface area contributed by atoms with Gasteiger partial charge in [0.25, 0.3) is 5.91 Å². The number of aryl methyl sites for hydroxylation is 1. The SMILES string of the molecule is Cc1cccc(NC(=O)c2cc(O)ccc2O)c1C(N)=S. The first-order valence-electron chi connectivity index (χ1n) is 6.13. The van der Waals surface area contributed by atoms with Gasteiger partial charge in [-0.3, -0.25) is 4.79 Å². The zero-order valence-electron chi connectivity index (χ0n) is 11.3. The highest BCUT2D eigenvalue weighted by atomic mass is 32.1. The molecule has 108 valence electrons. The largest absolute Gasteiger partial charge is 0.508 e. The van der Waals surface area contributed by atoms with Crippen molar-refractivity contribution in [2.45, 2.75) is 6.92 Å². The van der Waals surface area contributed by atoms with Gasteiger partial charge < -0.3 is 21.3 Å². The van der Waals surface area contributed by atoms with Gasteiger partial charge in [-0.15, -0.1) is 0 Å². The normalized spacial score (nSPS) is 10.1. The summed E-state index contributed by atoms with van der Waals surface area (Å²) in [6.45, 7) is 1.83. The number of amides is 1. The molecule has 5 N–H and O–H groups in total. The Morgan fingerprint density at radius 3 is 2.62 bits per heavy atom. The molecular weight excluding hydrogens is 288 g/mol. The van der Waals surface area contributed by atoms with Crippen LogP contribution in [0.3, 0.4) is 0 Å². The van der Waals surface area contributed by atoms with E-state index >= 15 is 0 Å². The van der Waals surface area contributed by atoms with Crippen molar-refractivity contribution >= 4 is 28.8 Å². The van der Waals surface area contributed by atoms with Crippen LogP contribution in [0.5, 0.6) is 11.5 Å². The third kappa shape index (κ3) is 3.11. The van der Waals surface area contributed by atoms with E-state index in [1.165, 1.54) is 18.2 Å². The lowest BCUT2D eigenvalue weighted by atomic mass is 10.1. The number of rotatable bonds is 3. The van der Waals surface area contributed by atoms with Gasteiger partial charge in [0.15, 0.2) is 0 Å². The summed E-state index contributed by atoms with van der Waals surface area (Å²) in [7, 11) is 0. The molecule has 0 bridgehead atoms. The molecule has 0 saturated heterocycles. The number of hydrogen-bond donors (Lipinski definition) is 4. The van der Waals surface area contributed by atoms with Gasteiger partial charge in [0.2, 0.25) is 0 Å². The van der Waals surface area contributed by atoms with Crippen molar-refractivity contribution in [2.75, 3.05) is 5.32 Å². The number of nitrogens with one attached hydrogen (secondary N) is 1. The lowest BCUT2D eigenvalue weighted by molar-refractivity contribution is 0.102. The van der Waals surface area contributed by atoms with E-state index in [4.69, 9.17) is 18.0 Å². The molecule has 2 aromatic carbocycles. The fraction of sp³-hybridized carbons (Fsp3) is 0.0667. The van der Waals surface area contributed by atoms with Gasteiger partial charge in [0, 0.05) is 5.56 Å². The maximum atomic E-state index is 12.2. The molecule has 0 aliphatic heterocycles. The smallest absolute Gasteiger partial charge is 0.259 e. The van der Waals surface area contributed by atoms with Gasteiger partial charge in [-0.05, 0) is 36.8 Å². The number of phenolic OH excluding ortho intramolecular Hbond substituents is 2. The summed E-state index contributed by atoms with van der Waals surface area (Å²) in [5, 5.41) is 21.7. The van der Waals surface area contributed by atoms with Crippen molar-refractivity contribution in [3.8, 4) is 11.5 Å². The molecular formula is C15H14N2O3S. The lowest BCUT2D eigenvalue weighted by Gasteiger charge is -2.13. The maximum absolute atomic E-state index is 12.2. The fourth-order valence-electron chi connectivity index (χ4n) is 1.99. The van der Waals surface area contributed by atoms with Gasteiger partial charge in [-0.1, -0.05) is 24.4 Å². The van der Waals surface area contributed by atoms with Gasteiger partial charge in [-0.2, -0.15) is 0 Å². The summed E-state index contributed by atoms with van der Waals surface area (Å²) in [4.78, 5) is 12.4. The van der Waals surface area contributed by atoms with Crippen molar-refractivity contribution in [3.05, 3.63) is 53.1 Å². The molecule has 1 amide bonds. The summed E-state index contributed by atoms with van der Waals surface area (Å²) >= 11 is 4.99. The minimum Gasteiger partial charge on any atom is -0.508 e. The zero-order valence-corrected chi connectivity index (χ0v) is 12.1. The van der Waals surface area contributed by atoms with Crippen LogP contribution in [0.2, 0.25) is 0 Å². The fourth-order valence-corrected chi connectivity index (χ4v) is 2.27. The lowest BCUT2D eigenvalue weighted by Crippen LogP contribution is -2.18. The molecule has 0 saturated carbocycles. The van der Waals surface area contributed by atoms with Crippen LogP contribution < -0.4 is 11.1 Å². The molecule has 0 spiro atoms. The van der Waals surface area contributed by atoms with Crippen molar-refractivity contribution in [3.63, 3.8) is 0 Å². The summed E-state index contributed by atoms with van der Waals surface area (Å²) in [5.74, 6) is -0.905. The number of hydrogen-bond acceptors (Lipinski definition) is 4. The molecule has 0 aromatic heterocycles. The maximum Gasteiger partial charge on any atom is 0.259 e. The Morgan fingerprint density at radius 2 is 1.95 bits per heavy atom. The molecule has 0 unspecified atom stereocenters. The number of aromatic hydroxyl groups is 2. The van der Waals surface area contributed by atoms with Gasteiger partial charge in [0.05, 0.1) is 11.3 Å². The van der Waals surface area contributed by atoms with Crippen LogP contribution in [0.25, 0.3) is 0 Å². The molecule has 2 rings (SSSR count). The Kier molecular flexibility index (Phi) is 4.09. The molecule has 21 heavy (non-hydrogen) atoms. The van der Waals surface area contributed by atoms with E-state index in [0.29, 0.717) is 11.3 Å². The van der Waals surface area contributed by atoms with E-state index in [-0.39, 0.29) is 22.1 Å². The highest BCUT2D eigenvalue weighted by Gasteiger charge is 2.15. The predicted molar refractivity (Wildman–Crippen MR) is 84.8 cm³/mol. The highest BCUT2D eigenvalue weighted by molar-refractivity contribution is 7.80. The minimum atomic E-state index is -0.563. The zero-order chi connectivity index (χ0) is 15.6. The van der Waals surface area contributed by atoms with E-state index in [1.807, 2.05) is 13.0 Å². The first-order chi connectivity index (χ1) is 9.90. The van der Waals surface area contributed by atoms with Crippen LogP contribution >= 0.6 is 12.2 Å².